The van der Waals surface area contributed by atoms with Crippen molar-refractivity contribution in [2.75, 3.05) is 0 Å². The molecule has 4 aromatic heterocycles. The van der Waals surface area contributed by atoms with E-state index in [2.05, 4.69) is 54.7 Å². The molecule has 0 N–H and O–H groups in total. The summed E-state index contributed by atoms with van der Waals surface area (Å²) in [4.78, 5) is 19.8. The molecule has 0 aliphatic carbocycles. The molecular weight excluding hydrogens is 759 g/mol. The number of benzene rings is 2. The Balaban J connectivity index is 0.000000327. The number of aryl methyl sites for hydroxylation is 1. The van der Waals surface area contributed by atoms with Crippen LogP contribution in [-0.2, 0) is 36.0 Å². The zero-order valence-electron chi connectivity index (χ0n) is 26.0. The van der Waals surface area contributed by atoms with Crippen molar-refractivity contribution in [3.05, 3.63) is 91.3 Å². The number of nitrogens with zero attached hydrogens (tertiary/aromatic N) is 9. The fourth-order valence-corrected chi connectivity index (χ4v) is 4.60. The zero-order chi connectivity index (χ0) is 33.4. The summed E-state index contributed by atoms with van der Waals surface area (Å²) in [5, 5.41) is 53.2. The molecule has 248 valence electrons. The van der Waals surface area contributed by atoms with E-state index in [0.717, 1.165) is 17.8 Å². The van der Waals surface area contributed by atoms with Crippen molar-refractivity contribution >= 4 is 67.0 Å². The van der Waals surface area contributed by atoms with Crippen LogP contribution in [0.3, 0.4) is 0 Å². The summed E-state index contributed by atoms with van der Waals surface area (Å²) in [6.45, 7) is 1.89. The number of azo groups is 2. The van der Waals surface area contributed by atoms with Crippen LogP contribution in [0.5, 0.6) is 11.5 Å². The Kier molecular flexibility index (Phi) is 17.3. The molecule has 0 saturated carbocycles. The van der Waals surface area contributed by atoms with E-state index < -0.39 is 20.8 Å². The summed E-state index contributed by atoms with van der Waals surface area (Å²) in [6.07, 6.45) is 8.43. The Morgan fingerprint density at radius 2 is 1.34 bits per heavy atom. The molecule has 22 heteroatoms. The van der Waals surface area contributed by atoms with E-state index in [1.165, 1.54) is 55.1 Å². The van der Waals surface area contributed by atoms with Crippen molar-refractivity contribution in [3.63, 3.8) is 0 Å². The van der Waals surface area contributed by atoms with E-state index in [1.807, 2.05) is 13.0 Å². The van der Waals surface area contributed by atoms with Crippen LogP contribution in [0.4, 0.5) is 23.0 Å². The Hall–Kier alpha value is -3.08. The minimum absolute atomic E-state index is 0. The Labute approximate surface area is 342 Å². The predicted molar refractivity (Wildman–Crippen MR) is 158 cm³/mol. The van der Waals surface area contributed by atoms with Gasteiger partial charge in [0, 0.05) is 47.5 Å². The normalized spacial score (nSPS) is 11.0. The molecule has 2 aromatic carbocycles. The first-order chi connectivity index (χ1) is 22.6. The van der Waals surface area contributed by atoms with Gasteiger partial charge in [-0.3, -0.25) is 20.0 Å². The van der Waals surface area contributed by atoms with Crippen molar-refractivity contribution in [3.8, 4) is 11.5 Å². The van der Waals surface area contributed by atoms with Crippen LogP contribution in [-0.4, -0.2) is 37.9 Å². The third-order valence-electron chi connectivity index (χ3n) is 5.94. The van der Waals surface area contributed by atoms with Gasteiger partial charge in [-0.25, -0.2) is 18.4 Å². The molecule has 17 nitrogen and oxygen atoms in total. The standard InChI is InChI=1S/C15H12N4O4S.C13H9N5O4S.2Na.Ni/c1-9-2-5-14(16-7-9)19-18-12-3-4-13(20)11-6-10(24(21,22)23)8-17-15(11)12;19-11-2-1-10(17-18-12-7-14-3-4-15-12)13-9(11)5-8(6-16-13)23-22-21-20;;;/h2-8,20H,1H3,(H,21,22,23);1-7,19-20H;;;/q;;2*+1;/p-4. The van der Waals surface area contributed by atoms with E-state index in [-0.39, 0.29) is 97.9 Å². The van der Waals surface area contributed by atoms with E-state index >= 15 is 0 Å². The monoisotopic (exact) mass is 775 g/mol. The fraction of sp³-hybridized carbons (Fsp3) is 0.0357. The van der Waals surface area contributed by atoms with E-state index in [1.54, 1.807) is 12.3 Å². The predicted octanol–water partition coefficient (Wildman–Crippen LogP) is -1.92. The average molecular weight is 776 g/mol. The molecule has 0 bridgehead atoms. The summed E-state index contributed by atoms with van der Waals surface area (Å²) in [7, 11) is -4.70. The smallest absolute Gasteiger partial charge is 0.872 e. The minimum atomic E-state index is -4.70. The van der Waals surface area contributed by atoms with Gasteiger partial charge in [-0.15, -0.1) is 20.5 Å². The molecule has 0 atom stereocenters. The van der Waals surface area contributed by atoms with Gasteiger partial charge >= 0.3 is 59.1 Å². The van der Waals surface area contributed by atoms with Gasteiger partial charge in [0.2, 0.25) is 0 Å². The first-order valence-electron chi connectivity index (χ1n) is 12.9. The van der Waals surface area contributed by atoms with Gasteiger partial charge < -0.3 is 20.0 Å². The topological polar surface area (TPSA) is 259 Å². The Morgan fingerprint density at radius 3 is 1.90 bits per heavy atom. The molecule has 6 rings (SSSR count). The summed E-state index contributed by atoms with van der Waals surface area (Å²) < 4.78 is 37.4. The van der Waals surface area contributed by atoms with Crippen LogP contribution in [0.2, 0.25) is 0 Å². The maximum absolute atomic E-state index is 12.0. The van der Waals surface area contributed by atoms with Crippen LogP contribution in [0.15, 0.2) is 116 Å². The number of aromatic nitrogens is 5. The van der Waals surface area contributed by atoms with Crippen molar-refractivity contribution in [1.82, 2.24) is 24.9 Å². The molecule has 0 amide bonds. The number of pyridine rings is 3. The Morgan fingerprint density at radius 1 is 0.720 bits per heavy atom. The quantitative estimate of drug-likeness (QED) is 0.0408. The number of hydrogen-bond donors (Lipinski definition) is 0. The number of hydrogen-bond acceptors (Lipinski definition) is 18. The van der Waals surface area contributed by atoms with Gasteiger partial charge in [0.15, 0.2) is 11.6 Å². The van der Waals surface area contributed by atoms with Crippen molar-refractivity contribution in [1.29, 1.82) is 0 Å². The third kappa shape index (κ3) is 11.5. The van der Waals surface area contributed by atoms with Crippen LogP contribution >= 0.6 is 12.0 Å². The summed E-state index contributed by atoms with van der Waals surface area (Å²) in [5.74, 6) is 0.00517. The SMILES string of the molecule is Cc1ccc(N=Nc2ccc([O-])c3cc(S(=O)(=O)[O-])cnc23)nc1.[Na+].[Na+].[Ni].[O-]OOSc1cnc2c(N=Nc3cnccn3)ccc([O-])c2c1. The van der Waals surface area contributed by atoms with E-state index in [9.17, 15) is 28.4 Å². The zero-order valence-corrected chi connectivity index (χ0v) is 32.6. The number of rotatable bonds is 8. The molecule has 0 aliphatic heterocycles. The second-order valence-electron chi connectivity index (χ2n) is 9.13. The van der Waals surface area contributed by atoms with Crippen LogP contribution in [0, 0.1) is 6.92 Å². The summed E-state index contributed by atoms with van der Waals surface area (Å²) >= 11 is 0.652. The molecule has 0 fully saturated rings. The minimum Gasteiger partial charge on any atom is -0.872 e. The average Bonchev–Trinajstić information content (AvgIpc) is 3.08. The molecule has 0 unspecified atom stereocenters. The van der Waals surface area contributed by atoms with Gasteiger partial charge in [0.1, 0.15) is 21.5 Å². The summed E-state index contributed by atoms with van der Waals surface area (Å²) in [6, 6.07) is 11.5. The van der Waals surface area contributed by atoms with Crippen LogP contribution in [0.25, 0.3) is 21.8 Å². The van der Waals surface area contributed by atoms with Gasteiger partial charge in [-0.1, -0.05) is 29.7 Å². The van der Waals surface area contributed by atoms with Gasteiger partial charge in [0.05, 0.1) is 39.1 Å². The number of fused-ring (bicyclic) bond motifs is 2. The summed E-state index contributed by atoms with van der Waals surface area (Å²) in [5.41, 5.74) is 2.18. The molecular formula is C28H17N9Na2NiO8S2-2. The van der Waals surface area contributed by atoms with Gasteiger partial charge in [-0.2, -0.15) is 4.33 Å². The first kappa shape index (κ1) is 43.1. The molecule has 6 aromatic rings. The fourth-order valence-electron chi connectivity index (χ4n) is 3.79. The van der Waals surface area contributed by atoms with Crippen molar-refractivity contribution < 1.29 is 113 Å². The van der Waals surface area contributed by atoms with E-state index in [0.29, 0.717) is 45.2 Å². The Bertz CT molecular complexity index is 2230. The van der Waals surface area contributed by atoms with Gasteiger partial charge in [0.25, 0.3) is 0 Å². The van der Waals surface area contributed by atoms with Gasteiger partial charge in [-0.05, 0) is 53.6 Å². The van der Waals surface area contributed by atoms with Crippen molar-refractivity contribution in [2.24, 2.45) is 20.5 Å². The van der Waals surface area contributed by atoms with Crippen molar-refractivity contribution in [2.45, 2.75) is 16.7 Å². The molecule has 0 saturated heterocycles. The molecule has 0 radical (unpaired) electrons. The van der Waals surface area contributed by atoms with Crippen LogP contribution in [0.1, 0.15) is 5.56 Å². The van der Waals surface area contributed by atoms with E-state index in [4.69, 9.17) is 0 Å². The largest absolute Gasteiger partial charge is 1.00 e. The molecule has 0 spiro atoms. The third-order valence-corrected chi connectivity index (χ3v) is 7.28. The molecule has 0 aliphatic rings. The molecule has 4 heterocycles. The van der Waals surface area contributed by atoms with Crippen LogP contribution < -0.4 is 74.6 Å². The molecule has 50 heavy (non-hydrogen) atoms. The maximum atomic E-state index is 12.0. The maximum Gasteiger partial charge on any atom is 1.00 e. The second-order valence-corrected chi connectivity index (χ2v) is 11.3. The first-order valence-corrected chi connectivity index (χ1v) is 15.1. The second kappa shape index (κ2) is 20.1.